The molecule has 2 aliphatic rings. The van der Waals surface area contributed by atoms with Crippen LogP contribution in [0.25, 0.3) is 0 Å². The summed E-state index contributed by atoms with van der Waals surface area (Å²) in [6.07, 6.45) is 1.97. The number of carbonyl (C=O) groups excluding carboxylic acids is 2. The monoisotopic (exact) mass is 581 g/mol. The average molecular weight is 582 g/mol. The van der Waals surface area contributed by atoms with Crippen molar-refractivity contribution in [3.63, 3.8) is 0 Å². The molecule has 10 nitrogen and oxygen atoms in total. The van der Waals surface area contributed by atoms with Crippen molar-refractivity contribution in [2.24, 2.45) is 5.73 Å². The minimum atomic E-state index is -1.10. The van der Waals surface area contributed by atoms with E-state index in [2.05, 4.69) is 56.4 Å². The van der Waals surface area contributed by atoms with Gasteiger partial charge in [-0.1, -0.05) is 59.7 Å². The maximum Gasteiger partial charge on any atom is 0.510 e. The largest absolute Gasteiger partial charge is 0.510 e. The van der Waals surface area contributed by atoms with Crippen molar-refractivity contribution in [3.05, 3.63) is 70.8 Å². The molecule has 10 heteroatoms. The number of aliphatic carboxylic acids is 1. The number of nitrogens with one attached hydrogen (secondary N) is 1. The Hall–Kier alpha value is -3.47. The van der Waals surface area contributed by atoms with Gasteiger partial charge in [0.2, 0.25) is 5.91 Å². The number of carboxylic acid groups (broad SMARTS) is 1. The third-order valence-corrected chi connectivity index (χ3v) is 8.58. The quantitative estimate of drug-likeness (QED) is 0.247. The van der Waals surface area contributed by atoms with Gasteiger partial charge in [-0.3, -0.25) is 9.59 Å². The fraction of sp³-hybridized carbons (Fsp3) is 0.531. The SMILES string of the molecule is Cc1cc(C)cc([C@@H](C)OC[C@@]2(c3ccccc3)CC[C@]3(CCC(=O)N3COC(=O)OCCCC(N)C(=O)O)CN2)c1. The number of nitrogens with two attached hydrogens (primary N) is 1. The van der Waals surface area contributed by atoms with Crippen LogP contribution in [0.5, 0.6) is 0 Å². The smallest absolute Gasteiger partial charge is 0.480 e. The van der Waals surface area contributed by atoms with E-state index in [-0.39, 0.29) is 31.8 Å². The van der Waals surface area contributed by atoms with Crippen LogP contribution in [0, 0.1) is 13.8 Å². The van der Waals surface area contributed by atoms with Crippen LogP contribution in [0.4, 0.5) is 4.79 Å². The predicted octanol–water partition coefficient (Wildman–Crippen LogP) is 4.32. The predicted molar refractivity (Wildman–Crippen MR) is 157 cm³/mol. The number of aryl methyl sites for hydroxylation is 2. The Balaban J connectivity index is 1.38. The summed E-state index contributed by atoms with van der Waals surface area (Å²) >= 11 is 0. The molecule has 4 N–H and O–H groups in total. The number of carboxylic acids is 1. The molecule has 2 heterocycles. The fourth-order valence-corrected chi connectivity index (χ4v) is 6.04. The number of carbonyl (C=O) groups is 3. The van der Waals surface area contributed by atoms with Gasteiger partial charge in [-0.05, 0) is 64.0 Å². The second-order valence-electron chi connectivity index (χ2n) is 11.7. The van der Waals surface area contributed by atoms with E-state index in [0.717, 1.165) is 17.5 Å². The number of hydrogen-bond donors (Lipinski definition) is 3. The molecular weight excluding hydrogens is 538 g/mol. The molecule has 2 aromatic rings. The Kier molecular flexibility index (Phi) is 10.2. The maximum absolute atomic E-state index is 12.9. The molecule has 42 heavy (non-hydrogen) atoms. The van der Waals surface area contributed by atoms with E-state index >= 15 is 0 Å². The number of ether oxygens (including phenoxy) is 3. The molecule has 0 aromatic heterocycles. The maximum atomic E-state index is 12.9. The van der Waals surface area contributed by atoms with Crippen LogP contribution in [0.15, 0.2) is 48.5 Å². The molecule has 2 saturated heterocycles. The second kappa shape index (κ2) is 13.7. The lowest BCUT2D eigenvalue weighted by Crippen LogP contribution is -2.63. The summed E-state index contributed by atoms with van der Waals surface area (Å²) in [4.78, 5) is 37.5. The molecule has 2 aromatic carbocycles. The van der Waals surface area contributed by atoms with Crippen LogP contribution < -0.4 is 11.1 Å². The highest BCUT2D eigenvalue weighted by atomic mass is 16.7. The highest BCUT2D eigenvalue weighted by molar-refractivity contribution is 5.80. The van der Waals surface area contributed by atoms with E-state index < -0.39 is 29.2 Å². The van der Waals surface area contributed by atoms with E-state index in [9.17, 15) is 14.4 Å². The van der Waals surface area contributed by atoms with E-state index in [1.807, 2.05) is 18.2 Å². The lowest BCUT2D eigenvalue weighted by atomic mass is 9.75. The number of likely N-dealkylation sites (tertiary alicyclic amines) is 1. The van der Waals surface area contributed by atoms with Crippen molar-refractivity contribution in [1.29, 1.82) is 0 Å². The zero-order chi connectivity index (χ0) is 30.3. The number of rotatable bonds is 12. The number of hydrogen-bond acceptors (Lipinski definition) is 8. The van der Waals surface area contributed by atoms with E-state index in [1.54, 1.807) is 4.90 Å². The normalized spacial score (nSPS) is 23.5. The molecule has 2 aliphatic heterocycles. The van der Waals surface area contributed by atoms with Gasteiger partial charge in [0.25, 0.3) is 0 Å². The van der Waals surface area contributed by atoms with Crippen molar-refractivity contribution in [3.8, 4) is 0 Å². The molecule has 0 bridgehead atoms. The third kappa shape index (κ3) is 7.48. The fourth-order valence-electron chi connectivity index (χ4n) is 6.04. The van der Waals surface area contributed by atoms with Crippen molar-refractivity contribution < 1.29 is 33.7 Å². The van der Waals surface area contributed by atoms with Crippen LogP contribution >= 0.6 is 0 Å². The molecular formula is C32H43N3O7. The van der Waals surface area contributed by atoms with E-state index in [0.29, 0.717) is 38.8 Å². The number of nitrogens with zero attached hydrogens (tertiary/aromatic N) is 1. The molecule has 0 aliphatic carbocycles. The van der Waals surface area contributed by atoms with E-state index in [4.69, 9.17) is 25.1 Å². The van der Waals surface area contributed by atoms with Gasteiger partial charge >= 0.3 is 12.1 Å². The third-order valence-electron chi connectivity index (χ3n) is 8.58. The Labute approximate surface area is 247 Å². The molecule has 228 valence electrons. The summed E-state index contributed by atoms with van der Waals surface area (Å²) in [5, 5.41) is 12.6. The molecule has 4 rings (SSSR count). The van der Waals surface area contributed by atoms with Crippen LogP contribution in [0.2, 0.25) is 0 Å². The van der Waals surface area contributed by atoms with Gasteiger partial charge in [0.1, 0.15) is 6.04 Å². The Morgan fingerprint density at radius 3 is 2.43 bits per heavy atom. The lowest BCUT2D eigenvalue weighted by Gasteiger charge is -2.49. The van der Waals surface area contributed by atoms with Gasteiger partial charge < -0.3 is 35.3 Å². The van der Waals surface area contributed by atoms with Gasteiger partial charge in [0.05, 0.1) is 30.4 Å². The van der Waals surface area contributed by atoms with Crippen molar-refractivity contribution in [1.82, 2.24) is 10.2 Å². The molecule has 0 saturated carbocycles. The first kappa shape index (κ1) is 31.5. The van der Waals surface area contributed by atoms with Crippen LogP contribution in [0.3, 0.4) is 0 Å². The number of benzene rings is 2. The average Bonchev–Trinajstić information content (AvgIpc) is 3.27. The first-order valence-corrected chi connectivity index (χ1v) is 14.6. The van der Waals surface area contributed by atoms with Gasteiger partial charge in [-0.15, -0.1) is 0 Å². The summed E-state index contributed by atoms with van der Waals surface area (Å²) in [6, 6.07) is 15.7. The van der Waals surface area contributed by atoms with Crippen LogP contribution in [-0.2, 0) is 29.3 Å². The van der Waals surface area contributed by atoms with Crippen LogP contribution in [0.1, 0.15) is 73.8 Å². The van der Waals surface area contributed by atoms with Crippen molar-refractivity contribution in [2.45, 2.75) is 82.5 Å². The van der Waals surface area contributed by atoms with Crippen LogP contribution in [-0.4, -0.2) is 66.1 Å². The van der Waals surface area contributed by atoms with Crippen molar-refractivity contribution in [2.75, 3.05) is 26.5 Å². The molecule has 1 amide bonds. The first-order chi connectivity index (χ1) is 20.0. The minimum Gasteiger partial charge on any atom is -0.480 e. The summed E-state index contributed by atoms with van der Waals surface area (Å²) in [5.41, 5.74) is 9.23. The highest BCUT2D eigenvalue weighted by Crippen LogP contribution is 2.43. The summed E-state index contributed by atoms with van der Waals surface area (Å²) < 4.78 is 16.9. The summed E-state index contributed by atoms with van der Waals surface area (Å²) in [6.45, 7) is 7.03. The topological polar surface area (TPSA) is 140 Å². The Morgan fingerprint density at radius 1 is 1.07 bits per heavy atom. The van der Waals surface area contributed by atoms with Crippen molar-refractivity contribution >= 4 is 18.0 Å². The second-order valence-corrected chi connectivity index (χ2v) is 11.7. The molecule has 0 radical (unpaired) electrons. The number of amides is 1. The molecule has 1 unspecified atom stereocenters. The summed E-state index contributed by atoms with van der Waals surface area (Å²) in [7, 11) is 0. The Morgan fingerprint density at radius 2 is 1.79 bits per heavy atom. The zero-order valence-electron chi connectivity index (χ0n) is 24.8. The van der Waals surface area contributed by atoms with Gasteiger partial charge in [-0.25, -0.2) is 4.79 Å². The minimum absolute atomic E-state index is 0.0133. The van der Waals surface area contributed by atoms with Gasteiger partial charge in [0, 0.05) is 13.0 Å². The lowest BCUT2D eigenvalue weighted by molar-refractivity contribution is -0.139. The van der Waals surface area contributed by atoms with Gasteiger partial charge in [0.15, 0.2) is 6.73 Å². The molecule has 2 fully saturated rings. The summed E-state index contributed by atoms with van der Waals surface area (Å²) in [5.74, 6) is -1.17. The highest BCUT2D eigenvalue weighted by Gasteiger charge is 2.51. The first-order valence-electron chi connectivity index (χ1n) is 14.6. The number of piperidine rings is 1. The molecule has 4 atom stereocenters. The standard InChI is InChI=1S/C32H43N3O7/c1-22-16-23(2)18-25(17-22)24(3)41-20-32(26-8-5-4-6-9-26)14-13-31(19-34-32)12-11-28(36)35(31)21-42-30(39)40-15-7-10-27(33)29(37)38/h4-6,8-9,16-18,24,27,34H,7,10-15,19-21,33H2,1-3H3,(H,37,38)/t24-,27?,31-,32-/m1/s1. The van der Waals surface area contributed by atoms with Gasteiger partial charge in [-0.2, -0.15) is 0 Å². The van der Waals surface area contributed by atoms with E-state index in [1.165, 1.54) is 11.1 Å². The Bertz CT molecular complexity index is 1220. The zero-order valence-corrected chi connectivity index (χ0v) is 24.8. The molecule has 1 spiro atoms.